The Morgan fingerprint density at radius 2 is 2.05 bits per heavy atom. The molecule has 5 heteroatoms. The van der Waals surface area contributed by atoms with Crippen molar-refractivity contribution in [1.29, 1.82) is 5.41 Å². The molecule has 4 N–H and O–H groups in total. The molecule has 0 bridgehead atoms. The van der Waals surface area contributed by atoms with Crippen LogP contribution in [0, 0.1) is 11.3 Å². The monoisotopic (exact) mass is 280 g/mol. The van der Waals surface area contributed by atoms with Crippen molar-refractivity contribution in [2.45, 2.75) is 26.8 Å². The summed E-state index contributed by atoms with van der Waals surface area (Å²) in [4.78, 5) is 0. The second-order valence-electron chi connectivity index (χ2n) is 4.72. The molecule has 0 aliphatic heterocycles. The van der Waals surface area contributed by atoms with Gasteiger partial charge in [-0.1, -0.05) is 26.0 Å². The quantitative estimate of drug-likeness (QED) is 0.409. The van der Waals surface area contributed by atoms with Crippen molar-refractivity contribution in [2.75, 3.05) is 18.4 Å². The molecule has 19 heavy (non-hydrogen) atoms. The first-order valence-corrected chi connectivity index (χ1v) is 7.23. The Hall–Kier alpha value is -1.12. The van der Waals surface area contributed by atoms with E-state index in [0.717, 1.165) is 30.8 Å². The van der Waals surface area contributed by atoms with Gasteiger partial charge in [0.2, 0.25) is 0 Å². The van der Waals surface area contributed by atoms with Gasteiger partial charge in [-0.2, -0.15) is 0 Å². The van der Waals surface area contributed by atoms with Crippen molar-refractivity contribution >= 4 is 20.9 Å². The maximum atomic E-state index is 8.00. The molecule has 2 atom stereocenters. The van der Waals surface area contributed by atoms with Crippen molar-refractivity contribution in [3.63, 3.8) is 0 Å². The first-order valence-electron chi connectivity index (χ1n) is 6.72. The average Bonchev–Trinajstić information content (AvgIpc) is 2.46. The molecule has 106 valence electrons. The normalized spacial score (nSPS) is 12.0. The fourth-order valence-corrected chi connectivity index (χ4v) is 2.06. The molecule has 0 spiro atoms. The molecule has 1 aromatic carbocycles. The Balaban J connectivity index is 2.35. The van der Waals surface area contributed by atoms with Crippen LogP contribution in [0.15, 0.2) is 24.3 Å². The molecule has 0 saturated carbocycles. The zero-order chi connectivity index (χ0) is 14.3. The largest absolute Gasteiger partial charge is 0.383 e. The highest BCUT2D eigenvalue weighted by Crippen LogP contribution is 2.12. The van der Waals surface area contributed by atoms with Crippen LogP contribution in [-0.4, -0.2) is 23.6 Å². The van der Waals surface area contributed by atoms with E-state index in [2.05, 4.69) is 28.6 Å². The summed E-state index contributed by atoms with van der Waals surface area (Å²) in [5, 5.41) is 11.3. The summed E-state index contributed by atoms with van der Waals surface area (Å²) in [5.74, 6) is 0.981. The maximum absolute atomic E-state index is 8.00. The third-order valence-electron chi connectivity index (χ3n) is 3.26. The van der Waals surface area contributed by atoms with E-state index in [1.165, 1.54) is 0 Å². The summed E-state index contributed by atoms with van der Waals surface area (Å²) in [6.45, 7) is 6.37. The van der Waals surface area contributed by atoms with Crippen LogP contribution in [0.2, 0.25) is 0 Å². The molecule has 0 aliphatic carbocycles. The number of rotatable bonds is 7. The van der Waals surface area contributed by atoms with E-state index in [1.807, 2.05) is 28.9 Å². The number of hydrogen-bond acceptors (Lipinski definition) is 3. The van der Waals surface area contributed by atoms with Gasteiger partial charge < -0.3 is 15.7 Å². The van der Waals surface area contributed by atoms with Crippen LogP contribution >= 0.6 is 9.39 Å². The standard InChI is InChI=1S/C14H25N4P/c1-3-11(2)14(16)18(19)9-8-17-13-6-4-12(10-15)5-7-13/h4-7,11,16-17H,3,8-10,15,19H2,1-2H3. The summed E-state index contributed by atoms with van der Waals surface area (Å²) in [7, 11) is 2.63. The molecule has 1 aromatic rings. The van der Waals surface area contributed by atoms with Crippen LogP contribution in [-0.2, 0) is 6.54 Å². The Bertz CT molecular complexity index is 391. The lowest BCUT2D eigenvalue weighted by atomic mass is 10.1. The van der Waals surface area contributed by atoms with Crippen LogP contribution in [0.1, 0.15) is 25.8 Å². The predicted octanol–water partition coefficient (Wildman–Crippen LogP) is 2.67. The van der Waals surface area contributed by atoms with Gasteiger partial charge in [-0.3, -0.25) is 5.41 Å². The number of benzene rings is 1. The molecular weight excluding hydrogens is 255 g/mol. The summed E-state index contributed by atoms with van der Waals surface area (Å²) in [5.41, 5.74) is 7.79. The number of nitrogens with zero attached hydrogens (tertiary/aromatic N) is 1. The molecule has 0 radical (unpaired) electrons. The van der Waals surface area contributed by atoms with Crippen LogP contribution in [0.4, 0.5) is 5.69 Å². The Morgan fingerprint density at radius 1 is 1.42 bits per heavy atom. The zero-order valence-corrected chi connectivity index (χ0v) is 13.0. The number of hydrogen-bond donors (Lipinski definition) is 3. The Morgan fingerprint density at radius 3 is 2.58 bits per heavy atom. The molecule has 0 fully saturated rings. The smallest absolute Gasteiger partial charge is 0.102 e. The maximum Gasteiger partial charge on any atom is 0.102 e. The number of anilines is 1. The minimum atomic E-state index is 0.307. The van der Waals surface area contributed by atoms with E-state index in [-0.39, 0.29) is 0 Å². The van der Waals surface area contributed by atoms with Gasteiger partial charge in [0.1, 0.15) is 5.84 Å². The van der Waals surface area contributed by atoms with E-state index >= 15 is 0 Å². The van der Waals surface area contributed by atoms with Crippen molar-refractivity contribution in [3.05, 3.63) is 29.8 Å². The van der Waals surface area contributed by atoms with Gasteiger partial charge in [0.15, 0.2) is 0 Å². The second-order valence-corrected chi connectivity index (χ2v) is 5.34. The lowest BCUT2D eigenvalue weighted by Gasteiger charge is -2.23. The molecule has 1 rings (SSSR count). The molecule has 0 aliphatic rings. The second kappa shape index (κ2) is 8.13. The molecule has 0 saturated heterocycles. The Kier molecular flexibility index (Phi) is 6.82. The number of nitrogens with one attached hydrogen (secondary N) is 2. The minimum absolute atomic E-state index is 0.307. The SMILES string of the molecule is CCC(C)C(=N)N(P)CCNc1ccc(CN)cc1. The highest BCUT2D eigenvalue weighted by molar-refractivity contribution is 7.14. The summed E-state index contributed by atoms with van der Waals surface area (Å²) >= 11 is 0. The van der Waals surface area contributed by atoms with E-state index in [4.69, 9.17) is 11.1 Å². The molecule has 2 unspecified atom stereocenters. The van der Waals surface area contributed by atoms with E-state index in [0.29, 0.717) is 18.3 Å². The summed E-state index contributed by atoms with van der Waals surface area (Å²) < 4.78 is 1.93. The lowest BCUT2D eigenvalue weighted by Crippen LogP contribution is -2.30. The molecular formula is C14H25N4P. The first kappa shape index (κ1) is 15.9. The first-order chi connectivity index (χ1) is 9.08. The van der Waals surface area contributed by atoms with Crippen molar-refractivity contribution in [2.24, 2.45) is 11.7 Å². The molecule has 4 nitrogen and oxygen atoms in total. The van der Waals surface area contributed by atoms with Gasteiger partial charge >= 0.3 is 0 Å². The van der Waals surface area contributed by atoms with Crippen LogP contribution in [0.25, 0.3) is 0 Å². The van der Waals surface area contributed by atoms with Gasteiger partial charge in [-0.05, 0) is 33.5 Å². The number of amidine groups is 1. The van der Waals surface area contributed by atoms with Gasteiger partial charge in [0.05, 0.1) is 0 Å². The van der Waals surface area contributed by atoms with Crippen LogP contribution in [0.5, 0.6) is 0 Å². The van der Waals surface area contributed by atoms with Crippen LogP contribution in [0.3, 0.4) is 0 Å². The topological polar surface area (TPSA) is 65.1 Å². The molecule has 0 aromatic heterocycles. The molecule has 0 heterocycles. The fourth-order valence-electron chi connectivity index (χ4n) is 1.68. The third-order valence-corrected chi connectivity index (χ3v) is 3.80. The summed E-state index contributed by atoms with van der Waals surface area (Å²) in [6.07, 6.45) is 0.998. The zero-order valence-electron chi connectivity index (χ0n) is 11.8. The summed E-state index contributed by atoms with van der Waals surface area (Å²) in [6, 6.07) is 8.13. The van der Waals surface area contributed by atoms with E-state index < -0.39 is 0 Å². The van der Waals surface area contributed by atoms with Crippen molar-refractivity contribution < 1.29 is 0 Å². The van der Waals surface area contributed by atoms with Crippen LogP contribution < -0.4 is 11.1 Å². The predicted molar refractivity (Wildman–Crippen MR) is 86.4 cm³/mol. The highest BCUT2D eigenvalue weighted by atomic mass is 31.0. The lowest BCUT2D eigenvalue weighted by molar-refractivity contribution is 0.599. The van der Waals surface area contributed by atoms with Gasteiger partial charge in [0.25, 0.3) is 0 Å². The van der Waals surface area contributed by atoms with E-state index in [1.54, 1.807) is 0 Å². The minimum Gasteiger partial charge on any atom is -0.383 e. The van der Waals surface area contributed by atoms with Gasteiger partial charge in [0, 0.05) is 31.2 Å². The van der Waals surface area contributed by atoms with Crippen molar-refractivity contribution in [1.82, 2.24) is 4.67 Å². The number of nitrogens with two attached hydrogens (primary N) is 1. The van der Waals surface area contributed by atoms with Gasteiger partial charge in [-0.25, -0.2) is 0 Å². The van der Waals surface area contributed by atoms with Gasteiger partial charge in [-0.15, -0.1) is 0 Å². The Labute approximate surface area is 118 Å². The third kappa shape index (κ3) is 5.17. The average molecular weight is 280 g/mol. The molecule has 0 amide bonds. The van der Waals surface area contributed by atoms with Crippen molar-refractivity contribution in [3.8, 4) is 0 Å². The van der Waals surface area contributed by atoms with E-state index in [9.17, 15) is 0 Å². The highest BCUT2D eigenvalue weighted by Gasteiger charge is 2.10. The fraction of sp³-hybridized carbons (Fsp3) is 0.500.